The van der Waals surface area contributed by atoms with Gasteiger partial charge in [-0.1, -0.05) is 44.3 Å². The fourth-order valence-corrected chi connectivity index (χ4v) is 18.6. The monoisotopic (exact) mass is 1020 g/mol. The number of rotatable bonds is 10. The van der Waals surface area contributed by atoms with Gasteiger partial charge >= 0.3 is 5.97 Å². The van der Waals surface area contributed by atoms with Gasteiger partial charge in [-0.25, -0.2) is 0 Å². The molecule has 74 heavy (non-hydrogen) atoms. The van der Waals surface area contributed by atoms with Gasteiger partial charge in [0.05, 0.1) is 54.3 Å². The number of hydrogen-bond donors (Lipinski definition) is 10. The third-order valence-corrected chi connectivity index (χ3v) is 21.9. The maximum absolute atomic E-state index is 15.8. The minimum Gasteiger partial charge on any atom is -0.465 e. The highest BCUT2D eigenvalue weighted by Gasteiger charge is 2.75. The first-order valence-corrected chi connectivity index (χ1v) is 28.4. The Kier molecular flexibility index (Phi) is 14.7. The van der Waals surface area contributed by atoms with Crippen LogP contribution in [0.2, 0.25) is 0 Å². The van der Waals surface area contributed by atoms with E-state index in [2.05, 4.69) is 47.1 Å². The number of carbonyl (C=O) groups excluding carboxylic acids is 3. The normalized spacial score (nSPS) is 44.7. The number of esters is 1. The molecule has 12 N–H and O–H groups in total. The summed E-state index contributed by atoms with van der Waals surface area (Å²) in [4.78, 5) is 50.5. The lowest BCUT2D eigenvalue weighted by Crippen LogP contribution is -2.67. The zero-order valence-corrected chi connectivity index (χ0v) is 44.2. The highest BCUT2D eigenvalue weighted by atomic mass is 16.5. The smallest absolute Gasteiger partial charge is 0.313 e. The fourth-order valence-electron chi connectivity index (χ4n) is 18.6. The van der Waals surface area contributed by atoms with Crippen molar-refractivity contribution in [2.75, 3.05) is 19.8 Å². The van der Waals surface area contributed by atoms with Gasteiger partial charge in [0.1, 0.15) is 6.04 Å². The minimum atomic E-state index is -1.89. The van der Waals surface area contributed by atoms with Crippen LogP contribution in [0.3, 0.4) is 0 Å². The number of aliphatic hydroxyl groups is 6. The second-order valence-electron chi connectivity index (χ2n) is 25.5. The molecule has 0 unspecified atom stereocenters. The number of ketones is 2. The maximum atomic E-state index is 15.8. The first-order chi connectivity index (χ1) is 35.3. The number of aromatic amines is 1. The third kappa shape index (κ3) is 8.72. The molecule has 15 nitrogen and oxygen atoms in total. The van der Waals surface area contributed by atoms with Crippen molar-refractivity contribution in [2.45, 2.75) is 178 Å². The molecule has 8 aliphatic carbocycles. The summed E-state index contributed by atoms with van der Waals surface area (Å²) in [6.07, 6.45) is 12.7. The molecular formula is C59H85N5O10. The molecule has 10 rings (SSSR count). The van der Waals surface area contributed by atoms with Crippen molar-refractivity contribution in [3.63, 3.8) is 0 Å². The van der Waals surface area contributed by atoms with Crippen LogP contribution in [0.1, 0.15) is 148 Å². The Bertz CT molecular complexity index is 2450. The standard InChI is InChI=1S/C59H85N5O10/c1-31-12-13-34-14-15-39-32(2)23-48(69)56(4,72)53-36(9-7-8-35(24-41(39)40(34)22-31)42-30-74-54(71)49(42)37-17-20-62-28-37)26-59(73)50-43(16-18-57(53,59)19-21-63-55(60)61)58(38-10-5-6-11-38)27-47(68)46(67)25-44(58)52(70)51(50)64-45(29-65)33(3)66/h14,17,20,28,31-32,35-36,38-49,53,62,64-65,67-69,72-73H,5-6,9-13,15-16,18-19,21-27,29-30H2,1-4H3,(H4,60,61,63)/t31-,32+,35-,36-,39-,40+,41+,42-,43-,44-,45-,46+,47-,48+,49-,53+,56-,57-,58-,59+/m0/s1. The van der Waals surface area contributed by atoms with E-state index in [1.165, 1.54) is 12.5 Å². The predicted molar refractivity (Wildman–Crippen MR) is 278 cm³/mol. The van der Waals surface area contributed by atoms with Gasteiger partial charge in [0.2, 0.25) is 0 Å². The van der Waals surface area contributed by atoms with Crippen molar-refractivity contribution in [1.29, 1.82) is 0 Å². The maximum Gasteiger partial charge on any atom is 0.313 e. The summed E-state index contributed by atoms with van der Waals surface area (Å²) < 4.78 is 5.93. The van der Waals surface area contributed by atoms with Crippen LogP contribution in [-0.4, -0.2) is 114 Å². The summed E-state index contributed by atoms with van der Waals surface area (Å²) in [6.45, 7) is 7.30. The number of nitrogens with two attached hydrogens (primary N) is 2. The Morgan fingerprint density at radius 2 is 1.76 bits per heavy atom. The Balaban J connectivity index is 1.16. The van der Waals surface area contributed by atoms with Crippen LogP contribution in [0.5, 0.6) is 0 Å². The predicted octanol–water partition coefficient (Wildman–Crippen LogP) is 4.93. The zero-order valence-electron chi connectivity index (χ0n) is 44.2. The molecule has 15 heteroatoms. The average molecular weight is 1020 g/mol. The van der Waals surface area contributed by atoms with Gasteiger partial charge in [-0.05, 0) is 174 Å². The van der Waals surface area contributed by atoms with E-state index in [0.717, 1.165) is 63.4 Å². The number of nitrogens with zero attached hydrogens (tertiary/aromatic N) is 1. The van der Waals surface area contributed by atoms with E-state index >= 15 is 4.79 Å². The van der Waals surface area contributed by atoms with E-state index in [9.17, 15) is 40.2 Å². The number of H-pyrrole nitrogens is 1. The van der Waals surface area contributed by atoms with Crippen molar-refractivity contribution in [2.24, 2.45) is 98.3 Å². The highest BCUT2D eigenvalue weighted by molar-refractivity contribution is 6.01. The number of aliphatic hydroxyl groups excluding tert-OH is 4. The van der Waals surface area contributed by atoms with Crippen LogP contribution in [0, 0.1) is 93.7 Å². The topological polar surface area (TPSA) is 274 Å². The number of ether oxygens (including phenoxy) is 1. The number of Topliss-reactive ketones (excluding diaryl/α,β-unsaturated/α-hetero) is 2. The summed E-state index contributed by atoms with van der Waals surface area (Å²) >= 11 is 0. The van der Waals surface area contributed by atoms with E-state index in [4.69, 9.17) is 16.2 Å². The lowest BCUT2D eigenvalue weighted by molar-refractivity contribution is -0.196. The Morgan fingerprint density at radius 1 is 0.986 bits per heavy atom. The van der Waals surface area contributed by atoms with Crippen LogP contribution in [-0.2, 0) is 19.1 Å². The van der Waals surface area contributed by atoms with Gasteiger partial charge in [0.25, 0.3) is 0 Å². The molecule has 0 aromatic carbocycles. The first kappa shape index (κ1) is 53.4. The van der Waals surface area contributed by atoms with Gasteiger partial charge < -0.3 is 57.1 Å². The number of aliphatic imine (C=N–C) groups is 1. The molecule has 2 heterocycles. The van der Waals surface area contributed by atoms with Crippen molar-refractivity contribution in [1.82, 2.24) is 10.3 Å². The lowest BCUT2D eigenvalue weighted by Gasteiger charge is -2.64. The summed E-state index contributed by atoms with van der Waals surface area (Å²) in [7, 11) is 0. The molecule has 406 valence electrons. The molecule has 1 aliphatic heterocycles. The summed E-state index contributed by atoms with van der Waals surface area (Å²) in [5.41, 5.74) is 9.09. The second-order valence-corrected chi connectivity index (χ2v) is 25.5. The van der Waals surface area contributed by atoms with Gasteiger partial charge in [0, 0.05) is 54.4 Å². The fraction of sp³-hybridized carbons (Fsp3) is 0.763. The van der Waals surface area contributed by atoms with Crippen molar-refractivity contribution < 1.29 is 49.8 Å². The van der Waals surface area contributed by atoms with E-state index in [1.54, 1.807) is 6.92 Å². The average Bonchev–Trinajstić information content (AvgIpc) is 4.19. The molecule has 1 saturated heterocycles. The number of aromatic nitrogens is 1. The molecule has 20 atom stereocenters. The van der Waals surface area contributed by atoms with Crippen molar-refractivity contribution in [3.05, 3.63) is 46.9 Å². The number of hydrogen-bond acceptors (Lipinski definition) is 12. The van der Waals surface area contributed by atoms with Gasteiger partial charge in [-0.2, -0.15) is 0 Å². The molecule has 5 saturated carbocycles. The largest absolute Gasteiger partial charge is 0.465 e. The van der Waals surface area contributed by atoms with Gasteiger partial charge in [0.15, 0.2) is 17.5 Å². The molecule has 0 radical (unpaired) electrons. The van der Waals surface area contributed by atoms with Crippen molar-refractivity contribution in [3.8, 4) is 11.8 Å². The molecule has 6 fully saturated rings. The number of allylic oxidation sites excluding steroid dienone is 3. The molecule has 1 aromatic heterocycles. The van der Waals surface area contributed by atoms with Crippen LogP contribution in [0.25, 0.3) is 0 Å². The summed E-state index contributed by atoms with van der Waals surface area (Å²) in [6, 6.07) is 0.765. The first-order valence-electron chi connectivity index (χ1n) is 28.4. The van der Waals surface area contributed by atoms with Crippen LogP contribution >= 0.6 is 0 Å². The molecular weight excluding hydrogens is 939 g/mol. The van der Waals surface area contributed by atoms with E-state index < -0.39 is 88.4 Å². The SMILES string of the molecule is CC(=O)[C@H](CO)NC1=C2[C@H](CC[C@]3(CCN=C(N)N)[C@@H]4[C@@H](CC#C[C@H]([C@@H]5COC(=O)[C@H]5c5cc[nH]c5)C[C@@H]5[C@@H](CC=C6CC[C@H](C)C[C@H]65)[C@H](C)C[C@@H](O)[C@]4(C)O)C[C@@]23O)[C@@]2(C3CCCC3)C[C@H](O)[C@H](O)C[C@H]2C1=O. The molecule has 0 bridgehead atoms. The minimum absolute atomic E-state index is 0.00000570. The Labute approximate surface area is 437 Å². The number of nitrogens with one attached hydrogen (secondary N) is 2. The molecule has 1 aromatic rings. The molecule has 0 amide bonds. The highest BCUT2D eigenvalue weighted by Crippen LogP contribution is 2.74. The number of carbonyl (C=O) groups is 3. The second kappa shape index (κ2) is 20.4. The number of guanidine groups is 1. The van der Waals surface area contributed by atoms with Crippen LogP contribution < -0.4 is 16.8 Å². The number of cyclic esters (lactones) is 1. The van der Waals surface area contributed by atoms with Crippen LogP contribution in [0.15, 0.2) is 46.4 Å². The lowest BCUT2D eigenvalue weighted by atomic mass is 9.41. The quantitative estimate of drug-likeness (QED) is 0.0490. The van der Waals surface area contributed by atoms with Gasteiger partial charge in [-0.3, -0.25) is 19.4 Å². The Hall–Kier alpha value is -4.04. The van der Waals surface area contributed by atoms with Crippen molar-refractivity contribution >= 4 is 23.5 Å². The van der Waals surface area contributed by atoms with E-state index in [1.807, 2.05) is 18.5 Å². The van der Waals surface area contributed by atoms with Crippen LogP contribution in [0.4, 0.5) is 0 Å². The number of fused-ring (bicyclic) bond motifs is 10. The van der Waals surface area contributed by atoms with E-state index in [-0.39, 0.29) is 111 Å². The zero-order chi connectivity index (χ0) is 52.6. The van der Waals surface area contributed by atoms with E-state index in [0.29, 0.717) is 30.3 Å². The third-order valence-electron chi connectivity index (χ3n) is 21.9. The molecule has 0 spiro atoms. The molecule has 9 aliphatic rings. The van der Waals surface area contributed by atoms with Gasteiger partial charge in [-0.15, -0.1) is 5.92 Å². The summed E-state index contributed by atoms with van der Waals surface area (Å²) in [5, 5.41) is 78.3. The Morgan fingerprint density at radius 3 is 2.46 bits per heavy atom. The summed E-state index contributed by atoms with van der Waals surface area (Å²) in [5.74, 6) is 3.92.